The Morgan fingerprint density at radius 2 is 2.08 bits per heavy atom. The molecular formula is C17H15FN4O3. The van der Waals surface area contributed by atoms with Crippen LogP contribution in [0, 0.1) is 12.7 Å². The lowest BCUT2D eigenvalue weighted by atomic mass is 10.1. The van der Waals surface area contributed by atoms with E-state index in [1.807, 2.05) is 0 Å². The predicted octanol–water partition coefficient (Wildman–Crippen LogP) is 1.89. The number of halogens is 1. The van der Waals surface area contributed by atoms with E-state index in [1.165, 1.54) is 30.0 Å². The fourth-order valence-electron chi connectivity index (χ4n) is 2.37. The molecule has 7 nitrogen and oxygen atoms in total. The second-order valence-electron chi connectivity index (χ2n) is 5.39. The van der Waals surface area contributed by atoms with Crippen LogP contribution in [0.2, 0.25) is 0 Å². The monoisotopic (exact) mass is 342 g/mol. The lowest BCUT2D eigenvalue weighted by Crippen LogP contribution is -2.25. The van der Waals surface area contributed by atoms with Crippen molar-refractivity contribution in [1.29, 1.82) is 0 Å². The molecule has 0 aliphatic carbocycles. The second-order valence-corrected chi connectivity index (χ2v) is 5.39. The van der Waals surface area contributed by atoms with Crippen molar-refractivity contribution in [2.75, 3.05) is 7.11 Å². The Labute approximate surface area is 142 Å². The number of hydrogen-bond acceptors (Lipinski definition) is 5. The van der Waals surface area contributed by atoms with Gasteiger partial charge in [-0.1, -0.05) is 12.1 Å². The molecule has 0 spiro atoms. The van der Waals surface area contributed by atoms with Crippen LogP contribution in [0.25, 0.3) is 5.65 Å². The molecule has 2 heterocycles. The Balaban J connectivity index is 1.84. The average molecular weight is 342 g/mol. The van der Waals surface area contributed by atoms with Crippen LogP contribution in [0.4, 0.5) is 4.39 Å². The highest BCUT2D eigenvalue weighted by molar-refractivity contribution is 5.96. The van der Waals surface area contributed by atoms with Crippen LogP contribution in [-0.4, -0.2) is 33.6 Å². The maximum absolute atomic E-state index is 13.3. The molecule has 0 aliphatic heterocycles. The smallest absolute Gasteiger partial charge is 0.356 e. The minimum atomic E-state index is -0.626. The van der Waals surface area contributed by atoms with Gasteiger partial charge in [0.25, 0.3) is 5.91 Å². The normalized spacial score (nSPS) is 10.7. The summed E-state index contributed by atoms with van der Waals surface area (Å²) in [4.78, 5) is 28.4. The minimum absolute atomic E-state index is 0.0623. The molecule has 1 N–H and O–H groups in total. The van der Waals surface area contributed by atoms with E-state index in [2.05, 4.69) is 15.4 Å². The number of nitrogens with zero attached hydrogens (tertiary/aromatic N) is 3. The number of methoxy groups -OCH3 is 1. The van der Waals surface area contributed by atoms with Crippen molar-refractivity contribution in [3.63, 3.8) is 0 Å². The number of carbonyl (C=O) groups is 2. The molecule has 0 aliphatic rings. The van der Waals surface area contributed by atoms with Gasteiger partial charge in [-0.3, -0.25) is 4.79 Å². The van der Waals surface area contributed by atoms with E-state index in [0.717, 1.165) is 5.56 Å². The number of aryl methyl sites for hydroxylation is 1. The molecule has 0 fully saturated rings. The summed E-state index contributed by atoms with van der Waals surface area (Å²) in [5.74, 6) is -1.39. The number of ether oxygens (including phenoxy) is 1. The summed E-state index contributed by atoms with van der Waals surface area (Å²) in [7, 11) is 1.24. The zero-order valence-corrected chi connectivity index (χ0v) is 13.6. The molecule has 1 amide bonds. The molecule has 3 aromatic rings. The Kier molecular flexibility index (Phi) is 4.42. The molecule has 0 bridgehead atoms. The quantitative estimate of drug-likeness (QED) is 0.732. The van der Waals surface area contributed by atoms with E-state index in [9.17, 15) is 14.0 Å². The topological polar surface area (TPSA) is 85.6 Å². The van der Waals surface area contributed by atoms with E-state index in [0.29, 0.717) is 11.2 Å². The van der Waals surface area contributed by atoms with Crippen molar-refractivity contribution in [3.05, 3.63) is 64.9 Å². The number of amides is 1. The number of hydrogen-bond donors (Lipinski definition) is 1. The van der Waals surface area contributed by atoms with Gasteiger partial charge in [0.05, 0.1) is 13.3 Å². The van der Waals surface area contributed by atoms with Gasteiger partial charge >= 0.3 is 5.97 Å². The minimum Gasteiger partial charge on any atom is -0.464 e. The highest BCUT2D eigenvalue weighted by Gasteiger charge is 2.17. The third-order valence-electron chi connectivity index (χ3n) is 3.66. The van der Waals surface area contributed by atoms with E-state index in [4.69, 9.17) is 4.74 Å². The van der Waals surface area contributed by atoms with Gasteiger partial charge in [0, 0.05) is 18.7 Å². The largest absolute Gasteiger partial charge is 0.464 e. The van der Waals surface area contributed by atoms with Crippen molar-refractivity contribution in [3.8, 4) is 0 Å². The molecule has 0 radical (unpaired) electrons. The summed E-state index contributed by atoms with van der Waals surface area (Å²) in [6.45, 7) is 1.86. The first-order chi connectivity index (χ1) is 12.0. The van der Waals surface area contributed by atoms with Crippen molar-refractivity contribution in [2.24, 2.45) is 0 Å². The van der Waals surface area contributed by atoms with Crippen molar-refractivity contribution < 1.29 is 18.7 Å². The molecule has 0 unspecified atom stereocenters. The highest BCUT2D eigenvalue weighted by Crippen LogP contribution is 2.11. The van der Waals surface area contributed by atoms with Gasteiger partial charge in [-0.05, 0) is 24.1 Å². The summed E-state index contributed by atoms with van der Waals surface area (Å²) in [5.41, 5.74) is 1.77. The number of carbonyl (C=O) groups excluding carboxylic acids is 2. The Bertz CT molecular complexity index is 968. The predicted molar refractivity (Wildman–Crippen MR) is 86.6 cm³/mol. The SMILES string of the molecule is COC(=O)c1cc(C(=O)NCc2ccc(F)c(C)c2)nc2ccnn12. The molecule has 1 aromatic carbocycles. The van der Waals surface area contributed by atoms with Gasteiger partial charge in [0.2, 0.25) is 0 Å². The van der Waals surface area contributed by atoms with E-state index < -0.39 is 11.9 Å². The molecule has 2 aromatic heterocycles. The zero-order valence-electron chi connectivity index (χ0n) is 13.6. The summed E-state index contributed by atoms with van der Waals surface area (Å²) >= 11 is 0. The number of benzene rings is 1. The third kappa shape index (κ3) is 3.32. The summed E-state index contributed by atoms with van der Waals surface area (Å²) in [6.07, 6.45) is 1.47. The van der Waals surface area contributed by atoms with Gasteiger partial charge < -0.3 is 10.1 Å². The van der Waals surface area contributed by atoms with Crippen LogP contribution >= 0.6 is 0 Å². The first-order valence-electron chi connectivity index (χ1n) is 7.46. The van der Waals surface area contributed by atoms with Gasteiger partial charge in [-0.25, -0.2) is 18.7 Å². The van der Waals surface area contributed by atoms with Gasteiger partial charge in [-0.15, -0.1) is 0 Å². The molecule has 0 atom stereocenters. The fourth-order valence-corrected chi connectivity index (χ4v) is 2.37. The highest BCUT2D eigenvalue weighted by atomic mass is 19.1. The van der Waals surface area contributed by atoms with Crippen LogP contribution in [0.15, 0.2) is 36.5 Å². The third-order valence-corrected chi connectivity index (χ3v) is 3.66. The summed E-state index contributed by atoms with van der Waals surface area (Å²) < 4.78 is 19.3. The number of esters is 1. The summed E-state index contributed by atoms with van der Waals surface area (Å²) in [6, 6.07) is 7.49. The molecule has 8 heteroatoms. The first kappa shape index (κ1) is 16.6. The average Bonchev–Trinajstić information content (AvgIpc) is 3.09. The second kappa shape index (κ2) is 6.68. The standard InChI is InChI=1S/C17H15FN4O3/c1-10-7-11(3-4-12(10)18)9-19-16(23)13-8-14(17(24)25-2)22-15(21-13)5-6-20-22/h3-8H,9H2,1-2H3,(H,19,23). The Morgan fingerprint density at radius 3 is 2.80 bits per heavy atom. The van der Waals surface area contributed by atoms with E-state index in [-0.39, 0.29) is 23.7 Å². The van der Waals surface area contributed by atoms with Crippen LogP contribution in [-0.2, 0) is 11.3 Å². The van der Waals surface area contributed by atoms with Crippen molar-refractivity contribution in [1.82, 2.24) is 19.9 Å². The molecule has 0 saturated carbocycles. The Hall–Kier alpha value is -3.29. The first-order valence-corrected chi connectivity index (χ1v) is 7.46. The fraction of sp³-hybridized carbons (Fsp3) is 0.176. The van der Waals surface area contributed by atoms with Gasteiger partial charge in [-0.2, -0.15) is 5.10 Å². The van der Waals surface area contributed by atoms with E-state index in [1.54, 1.807) is 25.1 Å². The van der Waals surface area contributed by atoms with Crippen LogP contribution in [0.1, 0.15) is 32.1 Å². The number of aromatic nitrogens is 3. The number of nitrogens with one attached hydrogen (secondary N) is 1. The van der Waals surface area contributed by atoms with Crippen LogP contribution < -0.4 is 5.32 Å². The van der Waals surface area contributed by atoms with Crippen molar-refractivity contribution >= 4 is 17.5 Å². The molecule has 0 saturated heterocycles. The molecule has 25 heavy (non-hydrogen) atoms. The zero-order chi connectivity index (χ0) is 18.0. The maximum Gasteiger partial charge on any atom is 0.356 e. The molecular weight excluding hydrogens is 327 g/mol. The van der Waals surface area contributed by atoms with Gasteiger partial charge in [0.1, 0.15) is 11.5 Å². The number of rotatable bonds is 4. The number of fused-ring (bicyclic) bond motifs is 1. The molecule has 3 rings (SSSR count). The van der Waals surface area contributed by atoms with E-state index >= 15 is 0 Å². The van der Waals surface area contributed by atoms with Crippen molar-refractivity contribution in [2.45, 2.75) is 13.5 Å². The lowest BCUT2D eigenvalue weighted by Gasteiger charge is -2.08. The Morgan fingerprint density at radius 1 is 1.28 bits per heavy atom. The molecule has 128 valence electrons. The van der Waals surface area contributed by atoms with Crippen LogP contribution in [0.3, 0.4) is 0 Å². The maximum atomic E-state index is 13.3. The lowest BCUT2D eigenvalue weighted by molar-refractivity contribution is 0.0590. The van der Waals surface area contributed by atoms with Gasteiger partial charge in [0.15, 0.2) is 11.3 Å². The summed E-state index contributed by atoms with van der Waals surface area (Å²) in [5, 5.41) is 6.68. The van der Waals surface area contributed by atoms with Crippen LogP contribution in [0.5, 0.6) is 0 Å².